The number of pyridine rings is 1. The summed E-state index contributed by atoms with van der Waals surface area (Å²) < 4.78 is 0.870. The highest BCUT2D eigenvalue weighted by Crippen LogP contribution is 2.30. The lowest BCUT2D eigenvalue weighted by molar-refractivity contribution is 0.102. The molecule has 100 valence electrons. The van der Waals surface area contributed by atoms with Crippen LogP contribution < -0.4 is 10.9 Å². The molecule has 20 heavy (non-hydrogen) atoms. The summed E-state index contributed by atoms with van der Waals surface area (Å²) >= 11 is 7.33. The number of para-hydroxylation sites is 1. The molecule has 0 aliphatic rings. The van der Waals surface area contributed by atoms with E-state index in [-0.39, 0.29) is 5.56 Å². The van der Waals surface area contributed by atoms with Crippen molar-refractivity contribution in [3.8, 4) is 0 Å². The monoisotopic (exact) mass is 305 g/mol. The number of rotatable bonds is 2. The molecule has 2 heterocycles. The van der Waals surface area contributed by atoms with Gasteiger partial charge in [0.1, 0.15) is 11.1 Å². The topological polar surface area (TPSA) is 74.8 Å². The molecule has 0 radical (unpaired) electrons. The summed E-state index contributed by atoms with van der Waals surface area (Å²) in [7, 11) is 0. The molecule has 3 aromatic rings. The van der Waals surface area contributed by atoms with Crippen molar-refractivity contribution in [2.45, 2.75) is 0 Å². The number of benzene rings is 1. The second-order valence-electron chi connectivity index (χ2n) is 3.97. The average molecular weight is 306 g/mol. The smallest absolute Gasteiger partial charge is 0.263 e. The SMILES string of the molecule is O=C(Nc1nc2c(Cl)cccc2s1)c1ccc[nH]c1=O. The lowest BCUT2D eigenvalue weighted by Crippen LogP contribution is -2.22. The van der Waals surface area contributed by atoms with Crippen molar-refractivity contribution in [3.63, 3.8) is 0 Å². The zero-order valence-electron chi connectivity index (χ0n) is 10.0. The van der Waals surface area contributed by atoms with Crippen molar-refractivity contribution < 1.29 is 4.79 Å². The van der Waals surface area contributed by atoms with E-state index in [1.54, 1.807) is 12.1 Å². The van der Waals surface area contributed by atoms with E-state index in [1.165, 1.54) is 23.6 Å². The first-order chi connectivity index (χ1) is 9.65. The Morgan fingerprint density at radius 3 is 2.90 bits per heavy atom. The zero-order valence-corrected chi connectivity index (χ0v) is 11.6. The van der Waals surface area contributed by atoms with Gasteiger partial charge in [-0.3, -0.25) is 14.9 Å². The molecule has 0 spiro atoms. The Bertz CT molecular complexity index is 856. The molecule has 2 N–H and O–H groups in total. The molecule has 0 saturated carbocycles. The van der Waals surface area contributed by atoms with E-state index in [4.69, 9.17) is 11.6 Å². The second-order valence-corrected chi connectivity index (χ2v) is 5.41. The van der Waals surface area contributed by atoms with Crippen LogP contribution in [0.4, 0.5) is 5.13 Å². The van der Waals surface area contributed by atoms with Gasteiger partial charge in [0, 0.05) is 6.20 Å². The fourth-order valence-corrected chi connectivity index (χ4v) is 2.89. The van der Waals surface area contributed by atoms with Crippen LogP contribution in [0.3, 0.4) is 0 Å². The van der Waals surface area contributed by atoms with E-state index in [9.17, 15) is 9.59 Å². The molecule has 0 unspecified atom stereocenters. The minimum absolute atomic E-state index is 0.0397. The number of hydrogen-bond donors (Lipinski definition) is 2. The van der Waals surface area contributed by atoms with Crippen LogP contribution in [0.25, 0.3) is 10.2 Å². The van der Waals surface area contributed by atoms with Gasteiger partial charge in [-0.05, 0) is 24.3 Å². The van der Waals surface area contributed by atoms with Crippen molar-refractivity contribution in [2.24, 2.45) is 0 Å². The Balaban J connectivity index is 1.94. The van der Waals surface area contributed by atoms with Crippen LogP contribution in [0.1, 0.15) is 10.4 Å². The molecule has 2 aromatic heterocycles. The van der Waals surface area contributed by atoms with Gasteiger partial charge in [-0.2, -0.15) is 0 Å². The van der Waals surface area contributed by atoms with E-state index < -0.39 is 11.5 Å². The largest absolute Gasteiger partial charge is 0.328 e. The quantitative estimate of drug-likeness (QED) is 0.764. The van der Waals surface area contributed by atoms with Crippen molar-refractivity contribution in [1.29, 1.82) is 0 Å². The van der Waals surface area contributed by atoms with Gasteiger partial charge in [0.25, 0.3) is 11.5 Å². The summed E-state index contributed by atoms with van der Waals surface area (Å²) in [6, 6.07) is 8.46. The number of halogens is 1. The van der Waals surface area contributed by atoms with Crippen LogP contribution in [-0.2, 0) is 0 Å². The normalized spacial score (nSPS) is 10.7. The highest BCUT2D eigenvalue weighted by Gasteiger charge is 2.13. The lowest BCUT2D eigenvalue weighted by Gasteiger charge is -1.99. The number of nitrogens with one attached hydrogen (secondary N) is 2. The number of aromatic amines is 1. The third-order valence-electron chi connectivity index (χ3n) is 2.65. The van der Waals surface area contributed by atoms with E-state index in [0.29, 0.717) is 15.7 Å². The van der Waals surface area contributed by atoms with Gasteiger partial charge in [-0.15, -0.1) is 0 Å². The highest BCUT2D eigenvalue weighted by molar-refractivity contribution is 7.22. The van der Waals surface area contributed by atoms with Crippen LogP contribution in [0.15, 0.2) is 41.3 Å². The van der Waals surface area contributed by atoms with Crippen molar-refractivity contribution in [3.05, 3.63) is 57.5 Å². The number of carbonyl (C=O) groups excluding carboxylic acids is 1. The molecule has 0 bridgehead atoms. The summed E-state index contributed by atoms with van der Waals surface area (Å²) in [4.78, 5) is 30.2. The van der Waals surface area contributed by atoms with Gasteiger partial charge in [0.2, 0.25) is 0 Å². The van der Waals surface area contributed by atoms with Crippen LogP contribution in [-0.4, -0.2) is 15.9 Å². The molecule has 7 heteroatoms. The number of fused-ring (bicyclic) bond motifs is 1. The number of anilines is 1. The van der Waals surface area contributed by atoms with Crippen molar-refractivity contribution >= 4 is 44.2 Å². The van der Waals surface area contributed by atoms with E-state index in [2.05, 4.69) is 15.3 Å². The molecular formula is C13H8ClN3O2S. The van der Waals surface area contributed by atoms with Gasteiger partial charge in [-0.1, -0.05) is 29.0 Å². The summed E-state index contributed by atoms with van der Waals surface area (Å²) in [6.07, 6.45) is 1.47. The molecule has 3 rings (SSSR count). The Kier molecular flexibility index (Phi) is 3.25. The maximum atomic E-state index is 12.0. The Morgan fingerprint density at radius 2 is 2.15 bits per heavy atom. The maximum absolute atomic E-state index is 12.0. The van der Waals surface area contributed by atoms with Crippen LogP contribution >= 0.6 is 22.9 Å². The third-order valence-corrected chi connectivity index (χ3v) is 3.89. The highest BCUT2D eigenvalue weighted by atomic mass is 35.5. The lowest BCUT2D eigenvalue weighted by atomic mass is 10.3. The first-order valence-electron chi connectivity index (χ1n) is 5.69. The molecule has 5 nitrogen and oxygen atoms in total. The van der Waals surface area contributed by atoms with Crippen molar-refractivity contribution in [1.82, 2.24) is 9.97 Å². The number of amides is 1. The fraction of sp³-hybridized carbons (Fsp3) is 0. The molecular weight excluding hydrogens is 298 g/mol. The zero-order chi connectivity index (χ0) is 14.1. The van der Waals surface area contributed by atoms with Gasteiger partial charge in [0.05, 0.1) is 9.72 Å². The first kappa shape index (κ1) is 12.8. The number of H-pyrrole nitrogens is 1. The van der Waals surface area contributed by atoms with Crippen molar-refractivity contribution in [2.75, 3.05) is 5.32 Å². The first-order valence-corrected chi connectivity index (χ1v) is 6.89. The molecule has 1 amide bonds. The molecule has 0 atom stereocenters. The molecule has 0 aliphatic carbocycles. The molecule has 0 fully saturated rings. The third kappa shape index (κ3) is 2.31. The number of carbonyl (C=O) groups is 1. The Hall–Kier alpha value is -2.18. The van der Waals surface area contributed by atoms with Gasteiger partial charge in [-0.25, -0.2) is 4.98 Å². The van der Waals surface area contributed by atoms with Gasteiger partial charge >= 0.3 is 0 Å². The number of aromatic nitrogens is 2. The minimum Gasteiger partial charge on any atom is -0.328 e. The van der Waals surface area contributed by atoms with Crippen LogP contribution in [0.5, 0.6) is 0 Å². The predicted octanol–water partition coefficient (Wildman–Crippen LogP) is 2.89. The molecule has 1 aromatic carbocycles. The minimum atomic E-state index is -0.498. The van der Waals surface area contributed by atoms with Crippen LogP contribution in [0.2, 0.25) is 5.02 Å². The summed E-state index contributed by atoms with van der Waals surface area (Å²) in [5.41, 5.74) is 0.235. The van der Waals surface area contributed by atoms with Gasteiger partial charge < -0.3 is 4.98 Å². The fourth-order valence-electron chi connectivity index (χ4n) is 1.73. The molecule has 0 saturated heterocycles. The summed E-state index contributed by atoms with van der Waals surface area (Å²) in [6.45, 7) is 0. The number of thiazole rings is 1. The Morgan fingerprint density at radius 1 is 1.30 bits per heavy atom. The van der Waals surface area contributed by atoms with E-state index >= 15 is 0 Å². The number of nitrogens with zero attached hydrogens (tertiary/aromatic N) is 1. The predicted molar refractivity (Wildman–Crippen MR) is 79.6 cm³/mol. The van der Waals surface area contributed by atoms with E-state index in [1.807, 2.05) is 12.1 Å². The van der Waals surface area contributed by atoms with Gasteiger partial charge in [0.15, 0.2) is 5.13 Å². The summed E-state index contributed by atoms with van der Waals surface area (Å²) in [5.74, 6) is -0.498. The number of hydrogen-bond acceptors (Lipinski definition) is 4. The van der Waals surface area contributed by atoms with E-state index in [0.717, 1.165) is 4.70 Å². The van der Waals surface area contributed by atoms with Crippen LogP contribution in [0, 0.1) is 0 Å². The second kappa shape index (κ2) is 5.07. The molecule has 0 aliphatic heterocycles. The Labute approximate surface area is 122 Å². The average Bonchev–Trinajstić information content (AvgIpc) is 2.83. The standard InChI is InChI=1S/C13H8ClN3O2S/c14-8-4-1-5-9-10(8)16-13(20-9)17-12(19)7-3-2-6-15-11(7)18/h1-6H,(H,15,18)(H,16,17,19). The maximum Gasteiger partial charge on any atom is 0.263 e. The summed E-state index contributed by atoms with van der Waals surface area (Å²) in [5, 5.41) is 3.53.